The Morgan fingerprint density at radius 2 is 1.96 bits per heavy atom. The number of benzene rings is 1. The first kappa shape index (κ1) is 21.7. The molecule has 0 spiro atoms. The molecule has 0 atom stereocenters. The summed E-state index contributed by atoms with van der Waals surface area (Å²) >= 11 is 0. The second-order valence-electron chi connectivity index (χ2n) is 5.97. The van der Waals surface area contributed by atoms with Gasteiger partial charge >= 0.3 is 0 Å². The van der Waals surface area contributed by atoms with Crippen molar-refractivity contribution in [1.82, 2.24) is 19.9 Å². The molecule has 0 radical (unpaired) electrons. The Morgan fingerprint density at radius 3 is 2.75 bits per heavy atom. The van der Waals surface area contributed by atoms with Gasteiger partial charge in [0.2, 0.25) is 0 Å². The van der Waals surface area contributed by atoms with E-state index in [0.29, 0.717) is 30.5 Å². The van der Waals surface area contributed by atoms with Crippen LogP contribution in [0.2, 0.25) is 0 Å². The van der Waals surface area contributed by atoms with E-state index in [9.17, 15) is 0 Å². The molecule has 1 aromatic carbocycles. The van der Waals surface area contributed by atoms with Crippen molar-refractivity contribution in [1.29, 1.82) is 0 Å². The highest BCUT2D eigenvalue weighted by Gasteiger charge is 2.05. The van der Waals surface area contributed by atoms with Gasteiger partial charge in [0.05, 0.1) is 20.8 Å². The van der Waals surface area contributed by atoms with Crippen molar-refractivity contribution in [2.24, 2.45) is 10.7 Å². The molecule has 8 nitrogen and oxygen atoms in total. The number of fused-ring (bicyclic) bond motifs is 1. The van der Waals surface area contributed by atoms with Crippen LogP contribution in [0.1, 0.15) is 17.8 Å². The first-order valence-corrected chi connectivity index (χ1v) is 8.74. The molecule has 2 aromatic heterocycles. The number of aliphatic imine (C=N–C) groups is 1. The van der Waals surface area contributed by atoms with Gasteiger partial charge in [-0.05, 0) is 36.2 Å². The second-order valence-corrected chi connectivity index (χ2v) is 5.97. The summed E-state index contributed by atoms with van der Waals surface area (Å²) in [5, 5.41) is 11.5. The predicted molar refractivity (Wildman–Crippen MR) is 120 cm³/mol. The lowest BCUT2D eigenvalue weighted by Crippen LogP contribution is -2.32. The third kappa shape index (κ3) is 5.47. The SMILES string of the molecule is COc1ccc(CN=C(N)NCCCc2nnc3ccccn23)cc1OC.I. The number of hydrogen-bond acceptors (Lipinski definition) is 5. The molecule has 0 saturated carbocycles. The minimum Gasteiger partial charge on any atom is -0.493 e. The Balaban J connectivity index is 0.00000280. The van der Waals surface area contributed by atoms with E-state index in [4.69, 9.17) is 15.2 Å². The minimum atomic E-state index is 0. The van der Waals surface area contributed by atoms with Gasteiger partial charge in [-0.3, -0.25) is 4.40 Å². The zero-order valence-corrected chi connectivity index (χ0v) is 18.3. The van der Waals surface area contributed by atoms with Crippen LogP contribution >= 0.6 is 24.0 Å². The summed E-state index contributed by atoms with van der Waals surface area (Å²) in [6, 6.07) is 11.5. The van der Waals surface area contributed by atoms with E-state index >= 15 is 0 Å². The van der Waals surface area contributed by atoms with Crippen LogP contribution in [0, 0.1) is 0 Å². The molecule has 0 saturated heterocycles. The fourth-order valence-corrected chi connectivity index (χ4v) is 2.74. The van der Waals surface area contributed by atoms with Crippen LogP contribution in [0.5, 0.6) is 11.5 Å². The van der Waals surface area contributed by atoms with Gasteiger partial charge in [0.1, 0.15) is 5.82 Å². The Kier molecular flexibility index (Phi) is 8.30. The molecule has 0 aliphatic rings. The van der Waals surface area contributed by atoms with E-state index in [1.165, 1.54) is 0 Å². The average Bonchev–Trinajstić information content (AvgIpc) is 3.12. The molecule has 3 N–H and O–H groups in total. The normalized spacial score (nSPS) is 11.1. The van der Waals surface area contributed by atoms with Crippen molar-refractivity contribution in [3.05, 3.63) is 54.0 Å². The van der Waals surface area contributed by atoms with E-state index < -0.39 is 0 Å². The molecular weight excluding hydrogens is 471 g/mol. The lowest BCUT2D eigenvalue weighted by Gasteiger charge is -2.09. The summed E-state index contributed by atoms with van der Waals surface area (Å²) in [4.78, 5) is 4.36. The van der Waals surface area contributed by atoms with Crippen LogP contribution in [-0.2, 0) is 13.0 Å². The highest BCUT2D eigenvalue weighted by molar-refractivity contribution is 14.0. The van der Waals surface area contributed by atoms with Gasteiger partial charge in [-0.25, -0.2) is 4.99 Å². The van der Waals surface area contributed by atoms with E-state index in [2.05, 4.69) is 20.5 Å². The van der Waals surface area contributed by atoms with E-state index in [1.807, 2.05) is 47.0 Å². The highest BCUT2D eigenvalue weighted by Crippen LogP contribution is 2.27. The van der Waals surface area contributed by atoms with Gasteiger partial charge in [-0.1, -0.05) is 12.1 Å². The first-order valence-electron chi connectivity index (χ1n) is 8.74. The standard InChI is InChI=1S/C19H24N6O2.HI/c1-26-15-9-8-14(12-16(15)27-2)13-22-19(20)21-10-5-7-18-24-23-17-6-3-4-11-25(17)18;/h3-4,6,8-9,11-12H,5,7,10,13H2,1-2H3,(H3,20,21,22);1H. The predicted octanol–water partition coefficient (Wildman–Crippen LogP) is 2.40. The van der Waals surface area contributed by atoms with Crippen LogP contribution < -0.4 is 20.5 Å². The second kappa shape index (κ2) is 10.7. The van der Waals surface area contributed by atoms with E-state index in [0.717, 1.165) is 29.9 Å². The van der Waals surface area contributed by atoms with Gasteiger partial charge in [0.15, 0.2) is 23.1 Å². The van der Waals surface area contributed by atoms with Crippen molar-refractivity contribution >= 4 is 35.6 Å². The maximum absolute atomic E-state index is 5.95. The highest BCUT2D eigenvalue weighted by atomic mass is 127. The monoisotopic (exact) mass is 496 g/mol. The number of halogens is 1. The fourth-order valence-electron chi connectivity index (χ4n) is 2.74. The van der Waals surface area contributed by atoms with Crippen LogP contribution in [0.3, 0.4) is 0 Å². The molecule has 0 aliphatic heterocycles. The van der Waals surface area contributed by atoms with Gasteiger partial charge in [0, 0.05) is 19.2 Å². The maximum Gasteiger partial charge on any atom is 0.188 e. The van der Waals surface area contributed by atoms with Gasteiger partial charge in [-0.2, -0.15) is 0 Å². The number of nitrogens with one attached hydrogen (secondary N) is 1. The summed E-state index contributed by atoms with van der Waals surface area (Å²) in [5.74, 6) is 2.72. The van der Waals surface area contributed by atoms with Crippen molar-refractivity contribution in [3.8, 4) is 11.5 Å². The number of pyridine rings is 1. The molecule has 0 bridgehead atoms. The number of rotatable bonds is 8. The molecule has 0 aliphatic carbocycles. The number of nitrogens with zero attached hydrogens (tertiary/aromatic N) is 4. The molecule has 0 unspecified atom stereocenters. The number of guanidine groups is 1. The van der Waals surface area contributed by atoms with Crippen LogP contribution in [0.25, 0.3) is 5.65 Å². The van der Waals surface area contributed by atoms with Crippen molar-refractivity contribution in [3.63, 3.8) is 0 Å². The number of nitrogens with two attached hydrogens (primary N) is 1. The summed E-state index contributed by atoms with van der Waals surface area (Å²) in [7, 11) is 3.22. The topological polar surface area (TPSA) is 99.1 Å². The van der Waals surface area contributed by atoms with Gasteiger partial charge in [0.25, 0.3) is 0 Å². The number of methoxy groups -OCH3 is 2. The Hall–Kier alpha value is -2.56. The largest absolute Gasteiger partial charge is 0.493 e. The van der Waals surface area contributed by atoms with Crippen LogP contribution in [0.4, 0.5) is 0 Å². The average molecular weight is 496 g/mol. The maximum atomic E-state index is 5.95. The van der Waals surface area contributed by atoms with Crippen LogP contribution in [-0.4, -0.2) is 41.3 Å². The third-order valence-electron chi connectivity index (χ3n) is 4.15. The smallest absolute Gasteiger partial charge is 0.188 e. The number of ether oxygens (including phenoxy) is 2. The Morgan fingerprint density at radius 1 is 1.14 bits per heavy atom. The summed E-state index contributed by atoms with van der Waals surface area (Å²) < 4.78 is 12.5. The molecule has 2 heterocycles. The lowest BCUT2D eigenvalue weighted by atomic mass is 10.2. The number of aromatic nitrogens is 3. The zero-order valence-electron chi connectivity index (χ0n) is 16.0. The molecule has 150 valence electrons. The molecule has 9 heteroatoms. The minimum absolute atomic E-state index is 0. The molecule has 3 rings (SSSR count). The Labute approximate surface area is 181 Å². The lowest BCUT2D eigenvalue weighted by molar-refractivity contribution is 0.354. The third-order valence-corrected chi connectivity index (χ3v) is 4.15. The van der Waals surface area contributed by atoms with E-state index in [1.54, 1.807) is 14.2 Å². The summed E-state index contributed by atoms with van der Waals surface area (Å²) in [6.45, 7) is 1.18. The van der Waals surface area contributed by atoms with Crippen molar-refractivity contribution < 1.29 is 9.47 Å². The van der Waals surface area contributed by atoms with Gasteiger partial charge < -0.3 is 20.5 Å². The summed E-state index contributed by atoms with van der Waals surface area (Å²) in [6.07, 6.45) is 3.65. The molecule has 0 amide bonds. The van der Waals surface area contributed by atoms with Gasteiger partial charge in [-0.15, -0.1) is 34.2 Å². The Bertz CT molecular complexity index is 928. The molecular formula is C19H25IN6O2. The summed E-state index contributed by atoms with van der Waals surface area (Å²) in [5.41, 5.74) is 7.80. The van der Waals surface area contributed by atoms with Crippen LogP contribution in [0.15, 0.2) is 47.6 Å². The number of aryl methyl sites for hydroxylation is 1. The molecule has 3 aromatic rings. The van der Waals surface area contributed by atoms with Crippen molar-refractivity contribution in [2.45, 2.75) is 19.4 Å². The number of hydrogen-bond donors (Lipinski definition) is 2. The quantitative estimate of drug-likeness (QED) is 0.215. The molecule has 0 fully saturated rings. The van der Waals surface area contributed by atoms with Crippen molar-refractivity contribution in [2.75, 3.05) is 20.8 Å². The first-order chi connectivity index (χ1) is 13.2. The zero-order chi connectivity index (χ0) is 19.1. The van der Waals surface area contributed by atoms with E-state index in [-0.39, 0.29) is 24.0 Å². The molecule has 28 heavy (non-hydrogen) atoms. The fraction of sp³-hybridized carbons (Fsp3) is 0.316.